The minimum absolute atomic E-state index is 0.243. The molecular weight excluding hydrogens is 302 g/mol. The van der Waals surface area contributed by atoms with Gasteiger partial charge in [-0.3, -0.25) is 4.79 Å². The molecular formula is C17H12ClNO3. The van der Waals surface area contributed by atoms with E-state index in [1.165, 1.54) is 0 Å². The zero-order chi connectivity index (χ0) is 15.7. The predicted molar refractivity (Wildman–Crippen MR) is 84.8 cm³/mol. The molecule has 22 heavy (non-hydrogen) atoms. The number of benzene rings is 2. The summed E-state index contributed by atoms with van der Waals surface area (Å²) in [6.07, 6.45) is 2.55. The molecule has 0 unspecified atom stereocenters. The summed E-state index contributed by atoms with van der Waals surface area (Å²) < 4.78 is 1.91. The Balaban J connectivity index is 2.06. The van der Waals surface area contributed by atoms with E-state index in [1.807, 2.05) is 16.7 Å². The highest BCUT2D eigenvalue weighted by Crippen LogP contribution is 2.25. The van der Waals surface area contributed by atoms with Gasteiger partial charge in [0.05, 0.1) is 5.56 Å². The molecule has 110 valence electrons. The first-order valence-electron chi connectivity index (χ1n) is 6.64. The number of nitrogens with zero attached hydrogens (tertiary/aromatic N) is 1. The maximum atomic E-state index is 11.2. The second-order valence-electron chi connectivity index (χ2n) is 5.00. The molecule has 4 nitrogen and oxygen atoms in total. The molecule has 0 aliphatic carbocycles. The van der Waals surface area contributed by atoms with Gasteiger partial charge >= 0.3 is 5.97 Å². The van der Waals surface area contributed by atoms with E-state index in [4.69, 9.17) is 16.7 Å². The lowest BCUT2D eigenvalue weighted by Gasteiger charge is -2.06. The molecule has 1 N–H and O–H groups in total. The lowest BCUT2D eigenvalue weighted by Crippen LogP contribution is -2.01. The van der Waals surface area contributed by atoms with Crippen molar-refractivity contribution < 1.29 is 14.7 Å². The fraction of sp³-hybridized carbons (Fsp3) is 0.0588. The molecule has 0 fully saturated rings. The minimum atomic E-state index is -0.959. The first kappa shape index (κ1) is 14.4. The molecule has 0 aliphatic heterocycles. The smallest absolute Gasteiger partial charge is 0.335 e. The quantitative estimate of drug-likeness (QED) is 0.744. The molecule has 0 bridgehead atoms. The van der Waals surface area contributed by atoms with Crippen LogP contribution in [0.1, 0.15) is 26.3 Å². The van der Waals surface area contributed by atoms with Gasteiger partial charge in [0, 0.05) is 34.2 Å². The number of aromatic nitrogens is 1. The highest BCUT2D eigenvalue weighted by molar-refractivity contribution is 6.31. The first-order chi connectivity index (χ1) is 10.6. The van der Waals surface area contributed by atoms with Gasteiger partial charge in [-0.15, -0.1) is 0 Å². The van der Waals surface area contributed by atoms with Crippen molar-refractivity contribution in [3.63, 3.8) is 0 Å². The van der Waals surface area contributed by atoms with Crippen LogP contribution in [-0.4, -0.2) is 21.9 Å². The zero-order valence-corrected chi connectivity index (χ0v) is 12.2. The van der Waals surface area contributed by atoms with Gasteiger partial charge in [0.25, 0.3) is 0 Å². The molecule has 2 aromatic carbocycles. The number of hydrogen-bond acceptors (Lipinski definition) is 2. The highest BCUT2D eigenvalue weighted by Gasteiger charge is 2.10. The molecule has 1 aromatic heterocycles. The number of aromatic carboxylic acids is 1. The lowest BCUT2D eigenvalue weighted by molar-refractivity contribution is 0.0696. The first-order valence-corrected chi connectivity index (χ1v) is 7.02. The van der Waals surface area contributed by atoms with Crippen LogP contribution in [0.2, 0.25) is 5.02 Å². The average molecular weight is 314 g/mol. The number of halogens is 1. The van der Waals surface area contributed by atoms with Gasteiger partial charge in [0.1, 0.15) is 0 Å². The van der Waals surface area contributed by atoms with Crippen molar-refractivity contribution >= 4 is 34.8 Å². The van der Waals surface area contributed by atoms with Gasteiger partial charge in [-0.25, -0.2) is 4.79 Å². The second kappa shape index (κ2) is 5.66. The van der Waals surface area contributed by atoms with Crippen LogP contribution in [0.5, 0.6) is 0 Å². The number of carboxylic acids is 1. The summed E-state index contributed by atoms with van der Waals surface area (Å²) in [6, 6.07) is 12.1. The lowest BCUT2D eigenvalue weighted by atomic mass is 10.1. The van der Waals surface area contributed by atoms with Gasteiger partial charge in [-0.05, 0) is 35.9 Å². The summed E-state index contributed by atoms with van der Waals surface area (Å²) in [5.41, 5.74) is 2.54. The Morgan fingerprint density at radius 3 is 2.77 bits per heavy atom. The summed E-state index contributed by atoms with van der Waals surface area (Å²) in [4.78, 5) is 22.2. The molecule has 5 heteroatoms. The van der Waals surface area contributed by atoms with Gasteiger partial charge in [-0.1, -0.05) is 23.7 Å². The van der Waals surface area contributed by atoms with Crippen LogP contribution in [0.15, 0.2) is 48.7 Å². The molecule has 3 aromatic rings. The van der Waals surface area contributed by atoms with Gasteiger partial charge < -0.3 is 9.67 Å². The summed E-state index contributed by atoms with van der Waals surface area (Å²) >= 11 is 5.98. The summed E-state index contributed by atoms with van der Waals surface area (Å²) in [7, 11) is 0. The number of hydrogen-bond donors (Lipinski definition) is 1. The molecule has 0 amide bonds. The van der Waals surface area contributed by atoms with Crippen molar-refractivity contribution in [2.24, 2.45) is 0 Å². The zero-order valence-electron chi connectivity index (χ0n) is 11.5. The van der Waals surface area contributed by atoms with E-state index in [9.17, 15) is 9.59 Å². The molecule has 1 heterocycles. The second-order valence-corrected chi connectivity index (χ2v) is 5.43. The SMILES string of the molecule is O=Cc1cn(Cc2cccc(C(=O)O)c2)c2ccc(Cl)cc12. The monoisotopic (exact) mass is 313 g/mol. The Bertz CT molecular complexity index is 883. The van der Waals surface area contributed by atoms with Crippen LogP contribution in [-0.2, 0) is 6.54 Å². The number of carbonyl (C=O) groups excluding carboxylic acids is 1. The summed E-state index contributed by atoms with van der Waals surface area (Å²) in [5.74, 6) is -0.959. The summed E-state index contributed by atoms with van der Waals surface area (Å²) in [6.45, 7) is 0.479. The number of aldehydes is 1. The highest BCUT2D eigenvalue weighted by atomic mass is 35.5. The van der Waals surface area contributed by atoms with E-state index in [1.54, 1.807) is 36.5 Å². The molecule has 0 spiro atoms. The molecule has 0 radical (unpaired) electrons. The molecule has 0 aliphatic rings. The fourth-order valence-corrected chi connectivity index (χ4v) is 2.69. The molecule has 3 rings (SSSR count). The van der Waals surface area contributed by atoms with E-state index >= 15 is 0 Å². The van der Waals surface area contributed by atoms with Crippen LogP contribution in [0, 0.1) is 0 Å². The fourth-order valence-electron chi connectivity index (χ4n) is 2.52. The van der Waals surface area contributed by atoms with Crippen LogP contribution >= 0.6 is 11.6 Å². The third-order valence-electron chi connectivity index (χ3n) is 3.53. The van der Waals surface area contributed by atoms with E-state index in [-0.39, 0.29) is 5.56 Å². The normalized spacial score (nSPS) is 10.8. The Morgan fingerprint density at radius 2 is 2.05 bits per heavy atom. The standard InChI is InChI=1S/C17H12ClNO3/c18-14-4-5-16-15(7-14)13(10-20)9-19(16)8-11-2-1-3-12(6-11)17(21)22/h1-7,9-10H,8H2,(H,21,22). The van der Waals surface area contributed by atoms with Crippen molar-refractivity contribution in [1.82, 2.24) is 4.57 Å². The van der Waals surface area contributed by atoms with E-state index in [2.05, 4.69) is 0 Å². The molecule has 0 saturated heterocycles. The third-order valence-corrected chi connectivity index (χ3v) is 3.76. The van der Waals surface area contributed by atoms with E-state index in [0.717, 1.165) is 22.8 Å². The van der Waals surface area contributed by atoms with Crippen LogP contribution in [0.4, 0.5) is 0 Å². The number of carboxylic acid groups (broad SMARTS) is 1. The molecule has 0 atom stereocenters. The Labute approximate surface area is 131 Å². The van der Waals surface area contributed by atoms with E-state index < -0.39 is 5.97 Å². The van der Waals surface area contributed by atoms with Crippen LogP contribution in [0.25, 0.3) is 10.9 Å². The van der Waals surface area contributed by atoms with Crippen molar-refractivity contribution in [2.45, 2.75) is 6.54 Å². The van der Waals surface area contributed by atoms with Gasteiger partial charge in [0.15, 0.2) is 6.29 Å². The maximum absolute atomic E-state index is 11.2. The Kier molecular flexibility index (Phi) is 3.69. The van der Waals surface area contributed by atoms with Gasteiger partial charge in [-0.2, -0.15) is 0 Å². The predicted octanol–water partition coefficient (Wildman–Crippen LogP) is 3.85. The van der Waals surface area contributed by atoms with E-state index in [0.29, 0.717) is 17.1 Å². The largest absolute Gasteiger partial charge is 0.478 e. The average Bonchev–Trinajstić information content (AvgIpc) is 2.84. The topological polar surface area (TPSA) is 59.3 Å². The van der Waals surface area contributed by atoms with Crippen molar-refractivity contribution in [2.75, 3.05) is 0 Å². The maximum Gasteiger partial charge on any atom is 0.335 e. The van der Waals surface area contributed by atoms with Crippen molar-refractivity contribution in [3.05, 3.63) is 70.4 Å². The number of carbonyl (C=O) groups is 2. The molecule has 0 saturated carbocycles. The van der Waals surface area contributed by atoms with Crippen LogP contribution < -0.4 is 0 Å². The number of rotatable bonds is 4. The Hall–Kier alpha value is -2.59. The van der Waals surface area contributed by atoms with Crippen LogP contribution in [0.3, 0.4) is 0 Å². The minimum Gasteiger partial charge on any atom is -0.478 e. The van der Waals surface area contributed by atoms with Crippen molar-refractivity contribution in [3.8, 4) is 0 Å². The number of fused-ring (bicyclic) bond motifs is 1. The Morgan fingerprint density at radius 1 is 1.23 bits per heavy atom. The van der Waals surface area contributed by atoms with Crippen molar-refractivity contribution in [1.29, 1.82) is 0 Å². The van der Waals surface area contributed by atoms with Gasteiger partial charge in [0.2, 0.25) is 0 Å². The third kappa shape index (κ3) is 2.61. The summed E-state index contributed by atoms with van der Waals surface area (Å²) in [5, 5.41) is 10.4.